The van der Waals surface area contributed by atoms with Crippen LogP contribution in [0.1, 0.15) is 20.3 Å². The summed E-state index contributed by atoms with van der Waals surface area (Å²) < 4.78 is 0. The van der Waals surface area contributed by atoms with Crippen molar-refractivity contribution in [3.63, 3.8) is 0 Å². The maximum atomic E-state index is 12.2. The molecule has 0 saturated carbocycles. The summed E-state index contributed by atoms with van der Waals surface area (Å²) in [6.07, 6.45) is 0.613. The number of urea groups is 1. The number of nitrogens with zero attached hydrogens (tertiary/aromatic N) is 1. The third kappa shape index (κ3) is 2.85. The second-order valence-electron chi connectivity index (χ2n) is 4.90. The maximum Gasteiger partial charge on any atom is 0.329 e. The van der Waals surface area contributed by atoms with Gasteiger partial charge in [0.1, 0.15) is 6.04 Å². The van der Waals surface area contributed by atoms with Crippen LogP contribution < -0.4 is 10.2 Å². The van der Waals surface area contributed by atoms with Crippen LogP contribution in [-0.2, 0) is 4.79 Å². The molecule has 1 fully saturated rings. The average Bonchev–Trinajstić information content (AvgIpc) is 2.58. The molecule has 6 heteroatoms. The molecule has 1 heterocycles. The molecule has 19 heavy (non-hydrogen) atoms. The largest absolute Gasteiger partial charge is 0.329 e. The Balaban J connectivity index is 2.27. The quantitative estimate of drug-likeness (QED) is 0.869. The Hall–Kier alpha value is -1.26. The van der Waals surface area contributed by atoms with E-state index in [0.29, 0.717) is 28.1 Å². The molecule has 1 saturated heterocycles. The monoisotopic (exact) mass is 300 g/mol. The number of hydrogen-bond donors (Lipinski definition) is 1. The fraction of sp³-hybridized carbons (Fsp3) is 0.385. The number of carbonyl (C=O) groups is 2. The standard InChI is InChI=1S/C13H14Cl2N2O2/c1-7(2)5-11-12(18)17(13(19)16-11)8-3-4-9(14)10(15)6-8/h3-4,6-7,11H,5H2,1-2H3,(H,16,19). The normalized spacial score (nSPS) is 19.2. The number of rotatable bonds is 3. The molecule has 3 amide bonds. The zero-order valence-electron chi connectivity index (χ0n) is 10.6. The number of imide groups is 1. The summed E-state index contributed by atoms with van der Waals surface area (Å²) in [5, 5.41) is 3.38. The summed E-state index contributed by atoms with van der Waals surface area (Å²) in [5.41, 5.74) is 0.433. The number of nitrogens with one attached hydrogen (secondary N) is 1. The predicted octanol–water partition coefficient (Wildman–Crippen LogP) is 3.46. The summed E-state index contributed by atoms with van der Waals surface area (Å²) >= 11 is 11.7. The first kappa shape index (κ1) is 14.2. The van der Waals surface area contributed by atoms with Crippen LogP contribution in [0.4, 0.5) is 10.5 Å². The Morgan fingerprint density at radius 2 is 1.95 bits per heavy atom. The van der Waals surface area contributed by atoms with E-state index in [4.69, 9.17) is 23.2 Å². The summed E-state index contributed by atoms with van der Waals surface area (Å²) in [6.45, 7) is 4.00. The lowest BCUT2D eigenvalue weighted by molar-refractivity contribution is -0.118. The fourth-order valence-corrected chi connectivity index (χ4v) is 2.32. The second kappa shape index (κ2) is 5.39. The van der Waals surface area contributed by atoms with Crippen LogP contribution in [0, 0.1) is 5.92 Å². The van der Waals surface area contributed by atoms with Gasteiger partial charge in [-0.25, -0.2) is 9.69 Å². The van der Waals surface area contributed by atoms with E-state index in [-0.39, 0.29) is 5.91 Å². The van der Waals surface area contributed by atoms with Crippen LogP contribution in [0.2, 0.25) is 10.0 Å². The molecule has 1 aliphatic rings. The molecule has 1 aromatic rings. The SMILES string of the molecule is CC(C)CC1NC(=O)N(c2ccc(Cl)c(Cl)c2)C1=O. The summed E-state index contributed by atoms with van der Waals surface area (Å²) in [5.74, 6) is 0.0695. The fourth-order valence-electron chi connectivity index (χ4n) is 2.03. The van der Waals surface area contributed by atoms with Crippen molar-refractivity contribution >= 4 is 40.8 Å². The Kier molecular flexibility index (Phi) is 4.02. The highest BCUT2D eigenvalue weighted by molar-refractivity contribution is 6.42. The van der Waals surface area contributed by atoms with Crippen LogP contribution in [0.15, 0.2) is 18.2 Å². The highest BCUT2D eigenvalue weighted by Gasteiger charge is 2.39. The van der Waals surface area contributed by atoms with Crippen LogP contribution in [-0.4, -0.2) is 18.0 Å². The van der Waals surface area contributed by atoms with Gasteiger partial charge in [-0.2, -0.15) is 0 Å². The average molecular weight is 301 g/mol. The van der Waals surface area contributed by atoms with Gasteiger partial charge >= 0.3 is 6.03 Å². The van der Waals surface area contributed by atoms with Crippen molar-refractivity contribution in [2.24, 2.45) is 5.92 Å². The van der Waals surface area contributed by atoms with Crippen molar-refractivity contribution < 1.29 is 9.59 Å². The molecule has 0 radical (unpaired) electrons. The van der Waals surface area contributed by atoms with Crippen molar-refractivity contribution in [2.45, 2.75) is 26.3 Å². The van der Waals surface area contributed by atoms with Gasteiger partial charge in [-0.05, 0) is 30.5 Å². The Morgan fingerprint density at radius 3 is 2.53 bits per heavy atom. The van der Waals surface area contributed by atoms with E-state index in [1.807, 2.05) is 13.8 Å². The third-order valence-electron chi connectivity index (χ3n) is 2.89. The molecular weight excluding hydrogens is 287 g/mol. The molecule has 1 aromatic carbocycles. The first-order valence-corrected chi connectivity index (χ1v) is 6.75. The zero-order valence-corrected chi connectivity index (χ0v) is 12.1. The highest BCUT2D eigenvalue weighted by Crippen LogP contribution is 2.29. The number of benzene rings is 1. The van der Waals surface area contributed by atoms with Gasteiger partial charge in [0.15, 0.2) is 0 Å². The molecule has 1 unspecified atom stereocenters. The van der Waals surface area contributed by atoms with Crippen LogP contribution in [0.5, 0.6) is 0 Å². The predicted molar refractivity (Wildman–Crippen MR) is 75.7 cm³/mol. The Bertz CT molecular complexity index is 531. The lowest BCUT2D eigenvalue weighted by Crippen LogP contribution is -2.31. The van der Waals surface area contributed by atoms with Crippen LogP contribution >= 0.6 is 23.2 Å². The summed E-state index contributed by atoms with van der Waals surface area (Å²) in [7, 11) is 0. The van der Waals surface area contributed by atoms with Crippen LogP contribution in [0.3, 0.4) is 0 Å². The Morgan fingerprint density at radius 1 is 1.26 bits per heavy atom. The molecule has 0 spiro atoms. The minimum Gasteiger partial charge on any atom is -0.325 e. The van der Waals surface area contributed by atoms with E-state index in [2.05, 4.69) is 5.32 Å². The number of halogens is 2. The molecule has 1 aliphatic heterocycles. The van der Waals surface area contributed by atoms with E-state index in [0.717, 1.165) is 4.90 Å². The molecule has 4 nitrogen and oxygen atoms in total. The van der Waals surface area contributed by atoms with E-state index in [1.54, 1.807) is 12.1 Å². The molecular formula is C13H14Cl2N2O2. The van der Waals surface area contributed by atoms with Gasteiger partial charge in [0, 0.05) is 0 Å². The van der Waals surface area contributed by atoms with Crippen molar-refractivity contribution in [3.05, 3.63) is 28.2 Å². The van der Waals surface area contributed by atoms with Gasteiger partial charge in [0.2, 0.25) is 0 Å². The topological polar surface area (TPSA) is 49.4 Å². The second-order valence-corrected chi connectivity index (χ2v) is 5.72. The van der Waals surface area contributed by atoms with Crippen molar-refractivity contribution in [3.8, 4) is 0 Å². The number of carbonyl (C=O) groups excluding carboxylic acids is 2. The van der Waals surface area contributed by atoms with Crippen LogP contribution in [0.25, 0.3) is 0 Å². The smallest absolute Gasteiger partial charge is 0.325 e. The van der Waals surface area contributed by atoms with Crippen molar-refractivity contribution in [1.29, 1.82) is 0 Å². The van der Waals surface area contributed by atoms with Gasteiger partial charge in [-0.15, -0.1) is 0 Å². The molecule has 1 atom stereocenters. The number of hydrogen-bond acceptors (Lipinski definition) is 2. The first-order chi connectivity index (χ1) is 8.90. The van der Waals surface area contributed by atoms with Gasteiger partial charge in [-0.3, -0.25) is 4.79 Å². The van der Waals surface area contributed by atoms with Gasteiger partial charge in [0.25, 0.3) is 5.91 Å². The first-order valence-electron chi connectivity index (χ1n) is 5.99. The van der Waals surface area contributed by atoms with E-state index in [1.165, 1.54) is 6.07 Å². The van der Waals surface area contributed by atoms with Gasteiger partial charge < -0.3 is 5.32 Å². The zero-order chi connectivity index (χ0) is 14.2. The van der Waals surface area contributed by atoms with E-state index < -0.39 is 12.1 Å². The highest BCUT2D eigenvalue weighted by atomic mass is 35.5. The van der Waals surface area contributed by atoms with E-state index in [9.17, 15) is 9.59 Å². The molecule has 2 rings (SSSR count). The molecule has 102 valence electrons. The van der Waals surface area contributed by atoms with Gasteiger partial charge in [-0.1, -0.05) is 37.0 Å². The maximum absolute atomic E-state index is 12.2. The summed E-state index contributed by atoms with van der Waals surface area (Å²) in [4.78, 5) is 25.2. The molecule has 0 aromatic heterocycles. The van der Waals surface area contributed by atoms with Gasteiger partial charge in [0.05, 0.1) is 15.7 Å². The third-order valence-corrected chi connectivity index (χ3v) is 3.63. The molecule has 0 aliphatic carbocycles. The van der Waals surface area contributed by atoms with Crippen molar-refractivity contribution in [1.82, 2.24) is 5.32 Å². The molecule has 1 N–H and O–H groups in total. The number of anilines is 1. The lowest BCUT2D eigenvalue weighted by atomic mass is 10.0. The minimum atomic E-state index is -0.470. The number of amides is 3. The lowest BCUT2D eigenvalue weighted by Gasteiger charge is -2.14. The minimum absolute atomic E-state index is 0.253. The Labute approximate surface area is 121 Å². The molecule has 0 bridgehead atoms. The van der Waals surface area contributed by atoms with E-state index >= 15 is 0 Å². The summed E-state index contributed by atoms with van der Waals surface area (Å²) in [6, 6.07) is 3.79. The van der Waals surface area contributed by atoms with Crippen molar-refractivity contribution in [2.75, 3.05) is 4.90 Å².